The van der Waals surface area contributed by atoms with Crippen molar-refractivity contribution in [3.8, 4) is 0 Å². The smallest absolute Gasteiger partial charge is 0.320 e. The first-order chi connectivity index (χ1) is 8.29. The largest absolute Gasteiger partial charge is 0.465 e. The van der Waals surface area contributed by atoms with Crippen LogP contribution in [0.4, 0.5) is 0 Å². The van der Waals surface area contributed by atoms with E-state index in [2.05, 4.69) is 17.1 Å². The van der Waals surface area contributed by atoms with E-state index in [0.29, 0.717) is 19.7 Å². The number of nitrogens with zero attached hydrogens (tertiary/aromatic N) is 4. The summed E-state index contributed by atoms with van der Waals surface area (Å²) in [5.41, 5.74) is 0. The molecule has 2 heterocycles. The van der Waals surface area contributed by atoms with E-state index >= 15 is 0 Å². The third-order valence-electron chi connectivity index (χ3n) is 2.83. The molecule has 0 aromatic carbocycles. The lowest BCUT2D eigenvalue weighted by molar-refractivity contribution is -0.145. The second-order valence-corrected chi connectivity index (χ2v) is 4.23. The Bertz CT molecular complexity index is 377. The van der Waals surface area contributed by atoms with Gasteiger partial charge in [0, 0.05) is 13.1 Å². The van der Waals surface area contributed by atoms with Gasteiger partial charge in [-0.1, -0.05) is 13.3 Å². The lowest BCUT2D eigenvalue weighted by Gasteiger charge is -2.25. The maximum absolute atomic E-state index is 11.5. The molecule has 0 fully saturated rings. The van der Waals surface area contributed by atoms with Crippen LogP contribution in [0.3, 0.4) is 0 Å². The molecule has 17 heavy (non-hydrogen) atoms. The van der Waals surface area contributed by atoms with Gasteiger partial charge < -0.3 is 9.30 Å². The van der Waals surface area contributed by atoms with Gasteiger partial charge in [0.2, 0.25) is 0 Å². The minimum atomic E-state index is -0.147. The molecule has 6 heteroatoms. The van der Waals surface area contributed by atoms with Crippen LogP contribution in [0.15, 0.2) is 6.33 Å². The second-order valence-electron chi connectivity index (χ2n) is 4.23. The van der Waals surface area contributed by atoms with Crippen molar-refractivity contribution in [2.45, 2.75) is 32.9 Å². The number of hydrogen-bond donors (Lipinski definition) is 0. The fourth-order valence-corrected chi connectivity index (χ4v) is 1.81. The van der Waals surface area contributed by atoms with Crippen LogP contribution in [-0.2, 0) is 22.6 Å². The molecule has 0 N–H and O–H groups in total. The molecule has 0 amide bonds. The van der Waals surface area contributed by atoms with Crippen LogP contribution in [-0.4, -0.2) is 45.3 Å². The number of fused-ring (bicyclic) bond motifs is 1. The van der Waals surface area contributed by atoms with Crippen molar-refractivity contribution in [3.05, 3.63) is 12.2 Å². The Morgan fingerprint density at radius 3 is 3.24 bits per heavy atom. The molecule has 0 saturated heterocycles. The predicted octanol–water partition coefficient (Wildman–Crippen LogP) is 0.437. The summed E-state index contributed by atoms with van der Waals surface area (Å²) < 4.78 is 7.14. The first-order valence-electron chi connectivity index (χ1n) is 6.04. The van der Waals surface area contributed by atoms with Gasteiger partial charge in [-0.2, -0.15) is 0 Å². The van der Waals surface area contributed by atoms with E-state index in [-0.39, 0.29) is 5.97 Å². The maximum Gasteiger partial charge on any atom is 0.320 e. The van der Waals surface area contributed by atoms with Gasteiger partial charge in [0.05, 0.1) is 19.7 Å². The second kappa shape index (κ2) is 5.77. The standard InChI is InChI=1S/C11H18N4O2/c1-2-3-6-17-11(16)8-14-4-5-15-9-12-13-10(15)7-14/h9H,2-8H2,1H3. The summed E-state index contributed by atoms with van der Waals surface area (Å²) in [6, 6.07) is 0. The van der Waals surface area contributed by atoms with Crippen molar-refractivity contribution in [2.24, 2.45) is 0 Å². The number of aromatic nitrogens is 3. The van der Waals surface area contributed by atoms with Crippen LogP contribution in [0.2, 0.25) is 0 Å². The van der Waals surface area contributed by atoms with Gasteiger partial charge >= 0.3 is 5.97 Å². The predicted molar refractivity (Wildman–Crippen MR) is 61.2 cm³/mol. The molecule has 0 spiro atoms. The summed E-state index contributed by atoms with van der Waals surface area (Å²) in [6.07, 6.45) is 3.70. The molecule has 94 valence electrons. The Balaban J connectivity index is 1.76. The van der Waals surface area contributed by atoms with Crippen molar-refractivity contribution in [1.82, 2.24) is 19.7 Å². The zero-order chi connectivity index (χ0) is 12.1. The summed E-state index contributed by atoms with van der Waals surface area (Å²) in [7, 11) is 0. The minimum Gasteiger partial charge on any atom is -0.465 e. The van der Waals surface area contributed by atoms with Crippen LogP contribution in [0.5, 0.6) is 0 Å². The molecular formula is C11H18N4O2. The van der Waals surface area contributed by atoms with E-state index in [9.17, 15) is 4.79 Å². The summed E-state index contributed by atoms with van der Waals surface area (Å²) in [4.78, 5) is 13.6. The van der Waals surface area contributed by atoms with Crippen molar-refractivity contribution < 1.29 is 9.53 Å². The number of carbonyl (C=O) groups is 1. The lowest BCUT2D eigenvalue weighted by atomic mass is 10.3. The highest BCUT2D eigenvalue weighted by atomic mass is 16.5. The highest BCUT2D eigenvalue weighted by Gasteiger charge is 2.19. The zero-order valence-corrected chi connectivity index (χ0v) is 10.1. The fraction of sp³-hybridized carbons (Fsp3) is 0.727. The molecule has 1 aromatic heterocycles. The Morgan fingerprint density at radius 2 is 2.41 bits per heavy atom. The fourth-order valence-electron chi connectivity index (χ4n) is 1.81. The maximum atomic E-state index is 11.5. The molecule has 2 rings (SSSR count). The first-order valence-corrected chi connectivity index (χ1v) is 6.04. The SMILES string of the molecule is CCCCOC(=O)CN1CCn2cnnc2C1. The molecular weight excluding hydrogens is 220 g/mol. The molecule has 0 aliphatic carbocycles. The van der Waals surface area contributed by atoms with Gasteiger partial charge in [-0.15, -0.1) is 10.2 Å². The molecule has 0 unspecified atom stereocenters. The Morgan fingerprint density at radius 1 is 1.53 bits per heavy atom. The van der Waals surface area contributed by atoms with Crippen molar-refractivity contribution in [1.29, 1.82) is 0 Å². The van der Waals surface area contributed by atoms with E-state index in [1.165, 1.54) is 0 Å². The molecule has 0 radical (unpaired) electrons. The topological polar surface area (TPSA) is 60.2 Å². The van der Waals surface area contributed by atoms with Crippen LogP contribution in [0, 0.1) is 0 Å². The van der Waals surface area contributed by atoms with E-state index in [4.69, 9.17) is 4.74 Å². The average molecular weight is 238 g/mol. The summed E-state index contributed by atoms with van der Waals surface area (Å²) in [5.74, 6) is 0.768. The van der Waals surface area contributed by atoms with Crippen LogP contribution < -0.4 is 0 Å². The van der Waals surface area contributed by atoms with Gasteiger partial charge in [-0.3, -0.25) is 9.69 Å². The van der Waals surface area contributed by atoms with Crippen molar-refractivity contribution in [3.63, 3.8) is 0 Å². The molecule has 0 saturated carbocycles. The van der Waals surface area contributed by atoms with Crippen molar-refractivity contribution in [2.75, 3.05) is 19.7 Å². The number of rotatable bonds is 5. The van der Waals surface area contributed by atoms with Gasteiger partial charge in [-0.25, -0.2) is 0 Å². The Labute approximate surface area is 101 Å². The van der Waals surface area contributed by atoms with Gasteiger partial charge in [0.25, 0.3) is 0 Å². The van der Waals surface area contributed by atoms with Gasteiger partial charge in [0.15, 0.2) is 0 Å². The Hall–Kier alpha value is -1.43. The number of hydrogen-bond acceptors (Lipinski definition) is 5. The van der Waals surface area contributed by atoms with E-state index in [0.717, 1.165) is 31.8 Å². The first kappa shape index (κ1) is 12.0. The van der Waals surface area contributed by atoms with E-state index in [1.54, 1.807) is 6.33 Å². The molecule has 1 aliphatic heterocycles. The van der Waals surface area contributed by atoms with Crippen LogP contribution in [0.25, 0.3) is 0 Å². The Kier molecular flexibility index (Phi) is 4.08. The van der Waals surface area contributed by atoms with Gasteiger partial charge in [-0.05, 0) is 6.42 Å². The van der Waals surface area contributed by atoms with Crippen LogP contribution in [0.1, 0.15) is 25.6 Å². The highest BCUT2D eigenvalue weighted by molar-refractivity contribution is 5.71. The summed E-state index contributed by atoms with van der Waals surface area (Å²) in [5, 5.41) is 7.86. The lowest BCUT2D eigenvalue weighted by Crippen LogP contribution is -2.37. The average Bonchev–Trinajstić information content (AvgIpc) is 2.76. The third kappa shape index (κ3) is 3.26. The molecule has 6 nitrogen and oxygen atoms in total. The number of esters is 1. The molecule has 1 aliphatic rings. The summed E-state index contributed by atoms with van der Waals surface area (Å²) >= 11 is 0. The van der Waals surface area contributed by atoms with Crippen LogP contribution >= 0.6 is 0 Å². The number of unbranched alkanes of at least 4 members (excludes halogenated alkanes) is 1. The summed E-state index contributed by atoms with van der Waals surface area (Å²) in [6.45, 7) is 5.29. The zero-order valence-electron chi connectivity index (χ0n) is 10.1. The monoisotopic (exact) mass is 238 g/mol. The van der Waals surface area contributed by atoms with E-state index in [1.807, 2.05) is 9.47 Å². The van der Waals surface area contributed by atoms with Crippen molar-refractivity contribution >= 4 is 5.97 Å². The normalized spacial score (nSPS) is 15.6. The number of carbonyl (C=O) groups excluding carboxylic acids is 1. The van der Waals surface area contributed by atoms with E-state index < -0.39 is 0 Å². The third-order valence-corrected chi connectivity index (χ3v) is 2.83. The minimum absolute atomic E-state index is 0.147. The quantitative estimate of drug-likeness (QED) is 0.550. The van der Waals surface area contributed by atoms with Gasteiger partial charge in [0.1, 0.15) is 12.2 Å². The highest BCUT2D eigenvalue weighted by Crippen LogP contribution is 2.08. The molecule has 0 atom stereocenters. The molecule has 1 aromatic rings. The number of ether oxygens (including phenoxy) is 1. The molecule has 0 bridgehead atoms.